The molecule has 0 radical (unpaired) electrons. The second kappa shape index (κ2) is 23.2. The van der Waals surface area contributed by atoms with Gasteiger partial charge in [-0.2, -0.15) is 0 Å². The van der Waals surface area contributed by atoms with Crippen LogP contribution in [0.1, 0.15) is 129 Å². The second-order valence-corrected chi connectivity index (χ2v) is 9.72. The van der Waals surface area contributed by atoms with E-state index in [4.69, 9.17) is 5.11 Å². The summed E-state index contributed by atoms with van der Waals surface area (Å²) in [6.45, 7) is 2.27. The van der Waals surface area contributed by atoms with E-state index >= 15 is 0 Å². The zero-order chi connectivity index (χ0) is 20.2. The van der Waals surface area contributed by atoms with Gasteiger partial charge in [-0.05, 0) is 19.3 Å². The number of rotatable bonds is 21. The molecule has 0 aromatic carbocycles. The molecule has 0 saturated carbocycles. The fourth-order valence-corrected chi connectivity index (χ4v) is 4.69. The minimum Gasteiger partial charge on any atom is -0.748 e. The molecule has 1 atom stereocenters. The monoisotopic (exact) mass is 444 g/mol. The summed E-state index contributed by atoms with van der Waals surface area (Å²) in [6, 6.07) is 0. The maximum Gasteiger partial charge on any atom is 1.00 e. The van der Waals surface area contributed by atoms with Gasteiger partial charge in [-0.25, -0.2) is 8.42 Å². The van der Waals surface area contributed by atoms with Crippen LogP contribution in [0.25, 0.3) is 0 Å². The third-order valence-corrected chi connectivity index (χ3v) is 6.74. The van der Waals surface area contributed by atoms with Crippen LogP contribution < -0.4 is 51.4 Å². The number of aliphatic hydroxyl groups is 1. The normalized spacial score (nSPS) is 12.7. The molecule has 28 heavy (non-hydrogen) atoms. The topological polar surface area (TPSA) is 77.4 Å². The van der Waals surface area contributed by atoms with Crippen molar-refractivity contribution in [1.82, 2.24) is 0 Å². The van der Waals surface area contributed by atoms with Gasteiger partial charge in [-0.1, -0.05) is 110 Å². The van der Waals surface area contributed by atoms with Crippen molar-refractivity contribution in [2.45, 2.75) is 134 Å². The third kappa shape index (κ3) is 22.2. The third-order valence-electron chi connectivity index (χ3n) is 5.45. The van der Waals surface area contributed by atoms with Crippen molar-refractivity contribution in [3.05, 3.63) is 0 Å². The smallest absolute Gasteiger partial charge is 0.748 e. The van der Waals surface area contributed by atoms with Gasteiger partial charge >= 0.3 is 51.4 Å². The number of hydrogen-bond acceptors (Lipinski definition) is 4. The van der Waals surface area contributed by atoms with Crippen molar-refractivity contribution >= 4 is 10.1 Å². The Balaban J connectivity index is 0. The van der Waals surface area contributed by atoms with E-state index < -0.39 is 15.4 Å². The maximum atomic E-state index is 11.2. The van der Waals surface area contributed by atoms with Gasteiger partial charge in [0.2, 0.25) is 0 Å². The summed E-state index contributed by atoms with van der Waals surface area (Å²) in [4.78, 5) is 0. The molecule has 0 aliphatic carbocycles. The number of hydrogen-bond donors (Lipinski definition) is 1. The second-order valence-electron chi connectivity index (χ2n) is 8.07. The average molecular weight is 445 g/mol. The van der Waals surface area contributed by atoms with Crippen LogP contribution in [0.5, 0.6) is 0 Å². The van der Waals surface area contributed by atoms with Gasteiger partial charge < -0.3 is 9.66 Å². The molecule has 0 aliphatic rings. The van der Waals surface area contributed by atoms with E-state index in [1.54, 1.807) is 0 Å². The van der Waals surface area contributed by atoms with E-state index in [0.29, 0.717) is 19.4 Å². The number of unbranched alkanes of at least 4 members (excludes halogenated alkanes) is 15. The Morgan fingerprint density at radius 2 is 0.964 bits per heavy atom. The maximum absolute atomic E-state index is 11.2. The molecule has 1 N–H and O–H groups in total. The minimum absolute atomic E-state index is 0. The van der Waals surface area contributed by atoms with Crippen LogP contribution in [-0.4, -0.2) is 29.9 Å². The minimum atomic E-state index is -4.11. The van der Waals surface area contributed by atoms with Crippen LogP contribution in [-0.2, 0) is 10.1 Å². The summed E-state index contributed by atoms with van der Waals surface area (Å²) in [6.07, 6.45) is 21.6. The quantitative estimate of drug-likeness (QED) is 0.167. The fourth-order valence-electron chi connectivity index (χ4n) is 3.71. The first-order valence-corrected chi connectivity index (χ1v) is 13.0. The van der Waals surface area contributed by atoms with Crippen LogP contribution in [0.2, 0.25) is 0 Å². The standard InChI is InChI=1S/C22H46O4S.K/c1-2-19-22(27(24,25)26)20-17-15-13-11-9-7-5-3-4-6-8-10-12-14-16-18-21-23;/h22-23H,2-21H2,1H3,(H,24,25,26);/q;+1/p-1. The van der Waals surface area contributed by atoms with Gasteiger partial charge in [0.05, 0.1) is 10.1 Å². The Morgan fingerprint density at radius 3 is 1.25 bits per heavy atom. The molecular weight excluding hydrogens is 399 g/mol. The fraction of sp³-hybridized carbons (Fsp3) is 1.00. The molecule has 164 valence electrons. The molecule has 0 saturated heterocycles. The van der Waals surface area contributed by atoms with Gasteiger partial charge in [-0.15, -0.1) is 0 Å². The summed E-state index contributed by atoms with van der Waals surface area (Å²) in [5.74, 6) is 0. The van der Waals surface area contributed by atoms with Crippen molar-refractivity contribution in [3.63, 3.8) is 0 Å². The molecule has 6 heteroatoms. The van der Waals surface area contributed by atoms with Crippen molar-refractivity contribution < 1.29 is 69.5 Å². The number of aliphatic hydroxyl groups excluding tert-OH is 1. The Morgan fingerprint density at radius 1 is 0.643 bits per heavy atom. The molecule has 1 unspecified atom stereocenters. The molecule has 0 rings (SSSR count). The van der Waals surface area contributed by atoms with Crippen molar-refractivity contribution in [1.29, 1.82) is 0 Å². The summed E-state index contributed by atoms with van der Waals surface area (Å²) in [5, 5.41) is 8.05. The first-order valence-electron chi connectivity index (χ1n) is 11.6. The molecule has 0 aromatic rings. The molecule has 0 bridgehead atoms. The van der Waals surface area contributed by atoms with Crippen LogP contribution in [0.3, 0.4) is 0 Å². The van der Waals surface area contributed by atoms with Crippen molar-refractivity contribution in [2.75, 3.05) is 6.61 Å². The Labute approximate surface area is 218 Å². The molecule has 0 aromatic heterocycles. The summed E-state index contributed by atoms with van der Waals surface area (Å²) in [7, 11) is -4.11. The van der Waals surface area contributed by atoms with Crippen LogP contribution in [0.4, 0.5) is 0 Å². The van der Waals surface area contributed by atoms with Gasteiger partial charge in [0.25, 0.3) is 0 Å². The molecule has 0 heterocycles. The molecular formula is C22H45KO4S. The van der Waals surface area contributed by atoms with Crippen LogP contribution in [0.15, 0.2) is 0 Å². The van der Waals surface area contributed by atoms with Crippen molar-refractivity contribution in [3.8, 4) is 0 Å². The molecule has 0 amide bonds. The van der Waals surface area contributed by atoms with Crippen LogP contribution in [0, 0.1) is 0 Å². The van der Waals surface area contributed by atoms with Gasteiger partial charge in [0, 0.05) is 11.9 Å². The van der Waals surface area contributed by atoms with E-state index in [1.807, 2.05) is 6.92 Å². The first kappa shape index (κ1) is 31.7. The van der Waals surface area contributed by atoms with Gasteiger partial charge in [0.15, 0.2) is 0 Å². The SMILES string of the molecule is CCCC(CCCCCCCCCCCCCCCCCCO)S(=O)(=O)[O-].[K+]. The largest absolute Gasteiger partial charge is 1.00 e. The predicted molar refractivity (Wildman–Crippen MR) is 114 cm³/mol. The van der Waals surface area contributed by atoms with Crippen LogP contribution >= 0.6 is 0 Å². The van der Waals surface area contributed by atoms with E-state index in [-0.39, 0.29) is 51.4 Å². The van der Waals surface area contributed by atoms with Gasteiger partial charge in [0.1, 0.15) is 0 Å². The van der Waals surface area contributed by atoms with E-state index in [2.05, 4.69) is 0 Å². The Bertz CT molecular complexity index is 401. The molecule has 4 nitrogen and oxygen atoms in total. The van der Waals surface area contributed by atoms with E-state index in [1.165, 1.54) is 77.0 Å². The molecule has 0 fully saturated rings. The van der Waals surface area contributed by atoms with Gasteiger partial charge in [-0.3, -0.25) is 0 Å². The van der Waals surface area contributed by atoms with E-state index in [0.717, 1.165) is 32.1 Å². The summed E-state index contributed by atoms with van der Waals surface area (Å²) < 4.78 is 33.5. The predicted octanol–water partition coefficient (Wildman–Crippen LogP) is 3.33. The molecule has 0 aliphatic heterocycles. The zero-order valence-electron chi connectivity index (χ0n) is 18.8. The van der Waals surface area contributed by atoms with E-state index in [9.17, 15) is 13.0 Å². The Kier molecular flexibility index (Phi) is 26.2. The van der Waals surface area contributed by atoms with Crippen molar-refractivity contribution in [2.24, 2.45) is 0 Å². The first-order chi connectivity index (χ1) is 13.0. The summed E-state index contributed by atoms with van der Waals surface area (Å²) in [5.41, 5.74) is 0. The zero-order valence-corrected chi connectivity index (χ0v) is 22.7. The Hall–Kier alpha value is 1.51. The average Bonchev–Trinajstić information content (AvgIpc) is 2.62. The summed E-state index contributed by atoms with van der Waals surface area (Å²) >= 11 is 0. The molecule has 0 spiro atoms.